The van der Waals surface area contributed by atoms with Gasteiger partial charge in [0.25, 0.3) is 0 Å². The van der Waals surface area contributed by atoms with Gasteiger partial charge in [0, 0.05) is 50.9 Å². The minimum absolute atomic E-state index is 0.366. The fourth-order valence-corrected chi connectivity index (χ4v) is 2.66. The predicted octanol–water partition coefficient (Wildman–Crippen LogP) is -0.583. The van der Waals surface area contributed by atoms with Gasteiger partial charge < -0.3 is 16.2 Å². The second kappa shape index (κ2) is 6.89. The Balaban J connectivity index is 1.74. The molecule has 6 nitrogen and oxygen atoms in total. The van der Waals surface area contributed by atoms with Crippen molar-refractivity contribution in [3.05, 3.63) is 12.4 Å². The molecule has 4 N–H and O–H groups in total. The van der Waals surface area contributed by atoms with Crippen LogP contribution in [0.3, 0.4) is 0 Å². The first-order chi connectivity index (χ1) is 8.75. The second-order valence-electron chi connectivity index (χ2n) is 4.26. The topological polar surface area (TPSA) is 87.3 Å². The van der Waals surface area contributed by atoms with Crippen LogP contribution in [0.25, 0.3) is 0 Å². The molecule has 1 unspecified atom stereocenters. The molecule has 1 aromatic rings. The van der Waals surface area contributed by atoms with E-state index in [2.05, 4.69) is 20.2 Å². The average molecular weight is 269 g/mol. The van der Waals surface area contributed by atoms with E-state index in [0.717, 1.165) is 26.2 Å². The minimum Gasteiger partial charge on any atom is -0.391 e. The van der Waals surface area contributed by atoms with Crippen LogP contribution in [-0.4, -0.2) is 64.6 Å². The van der Waals surface area contributed by atoms with Gasteiger partial charge in [0.2, 0.25) is 0 Å². The number of rotatable bonds is 5. The lowest BCUT2D eigenvalue weighted by Gasteiger charge is -2.28. The van der Waals surface area contributed by atoms with Crippen LogP contribution in [0.5, 0.6) is 0 Å². The molecule has 100 valence electrons. The molecule has 1 saturated heterocycles. The van der Waals surface area contributed by atoms with Crippen LogP contribution < -0.4 is 11.1 Å². The standard InChI is InChI=1S/C11H19N5OS/c12-10-11(15-2-1-14-10)18-8-9(17)7-16-5-3-13-4-6-16/h1-2,9,13,17H,3-8H2,(H2,12,14). The van der Waals surface area contributed by atoms with Gasteiger partial charge in [-0.3, -0.25) is 4.90 Å². The first-order valence-corrected chi connectivity index (χ1v) is 7.04. The van der Waals surface area contributed by atoms with E-state index in [9.17, 15) is 5.11 Å². The molecule has 1 atom stereocenters. The Morgan fingerprint density at radius 2 is 2.11 bits per heavy atom. The third kappa shape index (κ3) is 4.09. The summed E-state index contributed by atoms with van der Waals surface area (Å²) in [6, 6.07) is 0. The lowest BCUT2D eigenvalue weighted by Crippen LogP contribution is -2.46. The maximum Gasteiger partial charge on any atom is 0.156 e. The molecule has 18 heavy (non-hydrogen) atoms. The number of aromatic nitrogens is 2. The summed E-state index contributed by atoms with van der Waals surface area (Å²) in [6.07, 6.45) is 2.81. The van der Waals surface area contributed by atoms with Crippen molar-refractivity contribution in [2.24, 2.45) is 0 Å². The van der Waals surface area contributed by atoms with Gasteiger partial charge in [0.15, 0.2) is 5.82 Å². The Morgan fingerprint density at radius 3 is 2.83 bits per heavy atom. The summed E-state index contributed by atoms with van der Waals surface area (Å²) >= 11 is 1.45. The lowest BCUT2D eigenvalue weighted by molar-refractivity contribution is 0.121. The molecular formula is C11H19N5OS. The molecule has 7 heteroatoms. The zero-order chi connectivity index (χ0) is 12.8. The van der Waals surface area contributed by atoms with Crippen LogP contribution in [0.2, 0.25) is 0 Å². The van der Waals surface area contributed by atoms with Crippen molar-refractivity contribution in [2.75, 3.05) is 44.2 Å². The van der Waals surface area contributed by atoms with Crippen LogP contribution in [0.4, 0.5) is 5.82 Å². The summed E-state index contributed by atoms with van der Waals surface area (Å²) in [6.45, 7) is 4.69. The number of aliphatic hydroxyl groups is 1. The Morgan fingerprint density at radius 1 is 1.39 bits per heavy atom. The number of nitrogens with zero attached hydrogens (tertiary/aromatic N) is 3. The number of hydrogen-bond acceptors (Lipinski definition) is 7. The van der Waals surface area contributed by atoms with Crippen LogP contribution in [0, 0.1) is 0 Å². The predicted molar refractivity (Wildman–Crippen MR) is 72.5 cm³/mol. The van der Waals surface area contributed by atoms with Gasteiger partial charge in [-0.05, 0) is 0 Å². The van der Waals surface area contributed by atoms with Gasteiger partial charge in [-0.1, -0.05) is 11.8 Å². The molecule has 1 aliphatic rings. The van der Waals surface area contributed by atoms with E-state index in [1.165, 1.54) is 11.8 Å². The van der Waals surface area contributed by atoms with E-state index >= 15 is 0 Å². The summed E-state index contributed by atoms with van der Waals surface area (Å²) < 4.78 is 0. The molecule has 0 radical (unpaired) electrons. The molecule has 1 aromatic heterocycles. The molecule has 2 heterocycles. The number of aliphatic hydroxyl groups excluding tert-OH is 1. The van der Waals surface area contributed by atoms with Gasteiger partial charge in [-0.25, -0.2) is 9.97 Å². The second-order valence-corrected chi connectivity index (χ2v) is 5.27. The number of thioether (sulfide) groups is 1. The maximum absolute atomic E-state index is 9.98. The van der Waals surface area contributed by atoms with Gasteiger partial charge in [-0.2, -0.15) is 0 Å². The normalized spacial score (nSPS) is 18.7. The highest BCUT2D eigenvalue weighted by Crippen LogP contribution is 2.20. The third-order valence-electron chi connectivity index (χ3n) is 2.78. The van der Waals surface area contributed by atoms with Crippen molar-refractivity contribution in [3.8, 4) is 0 Å². The highest BCUT2D eigenvalue weighted by molar-refractivity contribution is 7.99. The number of nitrogens with two attached hydrogens (primary N) is 1. The average Bonchev–Trinajstić information content (AvgIpc) is 2.39. The van der Waals surface area contributed by atoms with E-state index in [1.807, 2.05) is 0 Å². The van der Waals surface area contributed by atoms with E-state index in [0.29, 0.717) is 23.1 Å². The maximum atomic E-state index is 9.98. The van der Waals surface area contributed by atoms with E-state index in [4.69, 9.17) is 5.73 Å². The van der Waals surface area contributed by atoms with Crippen molar-refractivity contribution in [3.63, 3.8) is 0 Å². The monoisotopic (exact) mass is 269 g/mol. The van der Waals surface area contributed by atoms with Gasteiger partial charge in [0.1, 0.15) is 5.03 Å². The molecule has 2 rings (SSSR count). The first-order valence-electron chi connectivity index (χ1n) is 6.06. The summed E-state index contributed by atoms with van der Waals surface area (Å²) in [7, 11) is 0. The van der Waals surface area contributed by atoms with Crippen LogP contribution in [0.15, 0.2) is 17.4 Å². The van der Waals surface area contributed by atoms with Crippen molar-refractivity contribution in [1.29, 1.82) is 0 Å². The Hall–Kier alpha value is -0.890. The number of nitrogen functional groups attached to an aromatic ring is 1. The molecule has 0 amide bonds. The lowest BCUT2D eigenvalue weighted by atomic mass is 10.3. The van der Waals surface area contributed by atoms with Crippen LogP contribution >= 0.6 is 11.8 Å². The fourth-order valence-electron chi connectivity index (χ4n) is 1.87. The molecular weight excluding hydrogens is 250 g/mol. The molecule has 0 bridgehead atoms. The number of piperazine rings is 1. The molecule has 0 saturated carbocycles. The number of hydrogen-bond donors (Lipinski definition) is 3. The molecule has 0 aromatic carbocycles. The Kier molecular flexibility index (Phi) is 5.18. The Bertz CT molecular complexity index is 372. The largest absolute Gasteiger partial charge is 0.391 e. The smallest absolute Gasteiger partial charge is 0.156 e. The van der Waals surface area contributed by atoms with E-state index in [1.54, 1.807) is 12.4 Å². The highest BCUT2D eigenvalue weighted by Gasteiger charge is 2.15. The third-order valence-corrected chi connectivity index (χ3v) is 3.92. The minimum atomic E-state index is -0.366. The van der Waals surface area contributed by atoms with Crippen molar-refractivity contribution in [1.82, 2.24) is 20.2 Å². The fraction of sp³-hybridized carbons (Fsp3) is 0.636. The molecule has 1 aliphatic heterocycles. The molecule has 0 spiro atoms. The SMILES string of the molecule is Nc1nccnc1SCC(O)CN1CCNCC1. The van der Waals surface area contributed by atoms with Crippen molar-refractivity contribution >= 4 is 17.6 Å². The quantitative estimate of drug-likeness (QED) is 0.616. The number of β-amino-alcohol motifs (C(OH)–C–C–N with tert-alkyl or cyclic N) is 1. The Labute approximate surface area is 111 Å². The summed E-state index contributed by atoms with van der Waals surface area (Å²) in [4.78, 5) is 10.4. The molecule has 0 aliphatic carbocycles. The highest BCUT2D eigenvalue weighted by atomic mass is 32.2. The van der Waals surface area contributed by atoms with E-state index < -0.39 is 0 Å². The molecule has 1 fully saturated rings. The van der Waals surface area contributed by atoms with Crippen molar-refractivity contribution in [2.45, 2.75) is 11.1 Å². The number of nitrogens with one attached hydrogen (secondary N) is 1. The zero-order valence-corrected chi connectivity index (χ0v) is 11.1. The summed E-state index contributed by atoms with van der Waals surface area (Å²) in [5.41, 5.74) is 5.70. The summed E-state index contributed by atoms with van der Waals surface area (Å²) in [5.74, 6) is 1.02. The zero-order valence-electron chi connectivity index (χ0n) is 10.2. The van der Waals surface area contributed by atoms with Crippen molar-refractivity contribution < 1.29 is 5.11 Å². The summed E-state index contributed by atoms with van der Waals surface area (Å²) in [5, 5.41) is 14.0. The van der Waals surface area contributed by atoms with E-state index in [-0.39, 0.29) is 6.10 Å². The van der Waals surface area contributed by atoms with Crippen LogP contribution in [-0.2, 0) is 0 Å². The number of anilines is 1. The van der Waals surface area contributed by atoms with Gasteiger partial charge >= 0.3 is 0 Å². The van der Waals surface area contributed by atoms with Crippen LogP contribution in [0.1, 0.15) is 0 Å². The first kappa shape index (κ1) is 13.5. The van der Waals surface area contributed by atoms with Gasteiger partial charge in [-0.15, -0.1) is 0 Å². The van der Waals surface area contributed by atoms with Gasteiger partial charge in [0.05, 0.1) is 6.10 Å².